The molecule has 1 fully saturated rings. The Morgan fingerprint density at radius 1 is 1.44 bits per heavy atom. The first-order valence-electron chi connectivity index (χ1n) is 5.68. The van der Waals surface area contributed by atoms with Crippen molar-refractivity contribution in [3.63, 3.8) is 0 Å². The van der Waals surface area contributed by atoms with Crippen LogP contribution < -0.4 is 5.32 Å². The summed E-state index contributed by atoms with van der Waals surface area (Å²) < 4.78 is 5.29. The van der Waals surface area contributed by atoms with Crippen molar-refractivity contribution in [3.8, 4) is 0 Å². The number of halogens is 1. The molecular formula is C12H16BrNO2. The van der Waals surface area contributed by atoms with Crippen molar-refractivity contribution in [2.75, 3.05) is 0 Å². The Balaban J connectivity index is 1.96. The number of furan rings is 1. The third kappa shape index (κ3) is 2.67. The largest absolute Gasteiger partial charge is 0.456 e. The summed E-state index contributed by atoms with van der Waals surface area (Å²) in [5.74, 6) is 1.07. The van der Waals surface area contributed by atoms with E-state index in [0.29, 0.717) is 10.6 Å². The molecule has 2 atom stereocenters. The molecule has 0 spiro atoms. The Labute approximate surface area is 104 Å². The monoisotopic (exact) mass is 285 g/mol. The number of alkyl halides is 1. The number of hydrogen-bond donors (Lipinski definition) is 1. The Kier molecular flexibility index (Phi) is 3.69. The van der Waals surface area contributed by atoms with Crippen LogP contribution in [-0.2, 0) is 0 Å². The number of nitrogens with one attached hydrogen (secondary N) is 1. The second kappa shape index (κ2) is 5.04. The van der Waals surface area contributed by atoms with Gasteiger partial charge in [0.2, 0.25) is 0 Å². The molecule has 1 N–H and O–H groups in total. The molecule has 1 aromatic rings. The molecule has 0 saturated heterocycles. The zero-order chi connectivity index (χ0) is 11.5. The highest BCUT2D eigenvalue weighted by Gasteiger charge is 2.25. The van der Waals surface area contributed by atoms with Gasteiger partial charge in [-0.3, -0.25) is 4.79 Å². The summed E-state index contributed by atoms with van der Waals surface area (Å²) >= 11 is 3.62. The molecule has 0 radical (unpaired) electrons. The molecule has 4 heteroatoms. The molecule has 1 amide bonds. The Hall–Kier alpha value is -0.770. The highest BCUT2D eigenvalue weighted by Crippen LogP contribution is 2.24. The molecule has 16 heavy (non-hydrogen) atoms. The van der Waals surface area contributed by atoms with Gasteiger partial charge in [0.1, 0.15) is 5.76 Å². The second-order valence-corrected chi connectivity index (χ2v) is 5.47. The maximum atomic E-state index is 11.8. The Morgan fingerprint density at radius 2 is 2.19 bits per heavy atom. The minimum absolute atomic E-state index is 0.107. The van der Waals surface area contributed by atoms with Gasteiger partial charge in [-0.15, -0.1) is 0 Å². The van der Waals surface area contributed by atoms with Gasteiger partial charge in [-0.05, 0) is 31.9 Å². The minimum Gasteiger partial charge on any atom is -0.456 e. The fourth-order valence-corrected chi connectivity index (χ4v) is 2.76. The number of rotatable bonds is 2. The predicted octanol–water partition coefficient (Wildman–Crippen LogP) is 3.02. The van der Waals surface area contributed by atoms with E-state index in [0.717, 1.165) is 18.6 Å². The van der Waals surface area contributed by atoms with Crippen LogP contribution in [0.4, 0.5) is 0 Å². The average molecular weight is 286 g/mol. The van der Waals surface area contributed by atoms with E-state index in [1.54, 1.807) is 12.1 Å². The van der Waals surface area contributed by atoms with Crippen LogP contribution in [0.2, 0.25) is 0 Å². The molecule has 1 aliphatic carbocycles. The van der Waals surface area contributed by atoms with E-state index >= 15 is 0 Å². The molecule has 2 unspecified atom stereocenters. The summed E-state index contributed by atoms with van der Waals surface area (Å²) in [5.41, 5.74) is 0. The first-order valence-corrected chi connectivity index (χ1v) is 6.60. The SMILES string of the molecule is Cc1ccc(C(=O)NC2CCCCC2Br)o1. The zero-order valence-electron chi connectivity index (χ0n) is 9.33. The molecule has 2 rings (SSSR count). The van der Waals surface area contributed by atoms with Crippen LogP contribution in [0.5, 0.6) is 0 Å². The molecule has 0 bridgehead atoms. The standard InChI is InChI=1S/C12H16BrNO2/c1-8-6-7-11(16-8)12(15)14-10-5-3-2-4-9(10)13/h6-7,9-10H,2-5H2,1H3,(H,14,15). The first-order chi connectivity index (χ1) is 7.66. The van der Waals surface area contributed by atoms with Gasteiger partial charge in [0.25, 0.3) is 5.91 Å². The highest BCUT2D eigenvalue weighted by atomic mass is 79.9. The van der Waals surface area contributed by atoms with Gasteiger partial charge in [0, 0.05) is 10.9 Å². The molecule has 88 valence electrons. The van der Waals surface area contributed by atoms with Gasteiger partial charge < -0.3 is 9.73 Å². The summed E-state index contributed by atoms with van der Waals surface area (Å²) in [4.78, 5) is 12.2. The van der Waals surface area contributed by atoms with Gasteiger partial charge in [-0.2, -0.15) is 0 Å². The topological polar surface area (TPSA) is 42.2 Å². The summed E-state index contributed by atoms with van der Waals surface area (Å²) in [7, 11) is 0. The summed E-state index contributed by atoms with van der Waals surface area (Å²) in [6.45, 7) is 1.84. The number of carbonyl (C=O) groups excluding carboxylic acids is 1. The van der Waals surface area contributed by atoms with Crippen LogP contribution in [0.3, 0.4) is 0 Å². The average Bonchev–Trinajstić information content (AvgIpc) is 2.68. The van der Waals surface area contributed by atoms with Crippen molar-refractivity contribution in [2.45, 2.75) is 43.5 Å². The van der Waals surface area contributed by atoms with E-state index in [1.807, 2.05) is 6.92 Å². The smallest absolute Gasteiger partial charge is 0.287 e. The normalized spacial score (nSPS) is 25.4. The lowest BCUT2D eigenvalue weighted by Crippen LogP contribution is -2.42. The van der Waals surface area contributed by atoms with E-state index in [-0.39, 0.29) is 11.9 Å². The van der Waals surface area contributed by atoms with Gasteiger partial charge in [0.05, 0.1) is 0 Å². The van der Waals surface area contributed by atoms with Crippen molar-refractivity contribution < 1.29 is 9.21 Å². The van der Waals surface area contributed by atoms with Gasteiger partial charge in [0.15, 0.2) is 5.76 Å². The molecule has 1 aromatic heterocycles. The maximum Gasteiger partial charge on any atom is 0.287 e. The molecule has 0 aromatic carbocycles. The van der Waals surface area contributed by atoms with E-state index in [1.165, 1.54) is 12.8 Å². The summed E-state index contributed by atoms with van der Waals surface area (Å²) in [6.07, 6.45) is 4.59. The van der Waals surface area contributed by atoms with Crippen LogP contribution in [0.25, 0.3) is 0 Å². The van der Waals surface area contributed by atoms with Crippen molar-refractivity contribution in [2.24, 2.45) is 0 Å². The maximum absolute atomic E-state index is 11.8. The fourth-order valence-electron chi connectivity index (χ4n) is 2.04. The number of amides is 1. The van der Waals surface area contributed by atoms with Gasteiger partial charge >= 0.3 is 0 Å². The van der Waals surface area contributed by atoms with Crippen LogP contribution in [-0.4, -0.2) is 16.8 Å². The molecule has 3 nitrogen and oxygen atoms in total. The molecule has 0 aliphatic heterocycles. The quantitative estimate of drug-likeness (QED) is 0.849. The van der Waals surface area contributed by atoms with E-state index in [2.05, 4.69) is 21.2 Å². The van der Waals surface area contributed by atoms with Crippen LogP contribution in [0, 0.1) is 6.92 Å². The highest BCUT2D eigenvalue weighted by molar-refractivity contribution is 9.09. The van der Waals surface area contributed by atoms with Gasteiger partial charge in [-0.1, -0.05) is 28.8 Å². The van der Waals surface area contributed by atoms with Crippen molar-refractivity contribution in [3.05, 3.63) is 23.7 Å². The van der Waals surface area contributed by atoms with E-state index in [9.17, 15) is 4.79 Å². The predicted molar refractivity (Wildman–Crippen MR) is 65.9 cm³/mol. The third-order valence-electron chi connectivity index (χ3n) is 2.96. The number of aryl methyl sites for hydroxylation is 1. The molecule has 1 heterocycles. The Morgan fingerprint density at radius 3 is 2.81 bits per heavy atom. The number of hydrogen-bond acceptors (Lipinski definition) is 2. The summed E-state index contributed by atoms with van der Waals surface area (Å²) in [6, 6.07) is 3.75. The fraction of sp³-hybridized carbons (Fsp3) is 0.583. The van der Waals surface area contributed by atoms with Crippen LogP contribution >= 0.6 is 15.9 Å². The van der Waals surface area contributed by atoms with Crippen molar-refractivity contribution >= 4 is 21.8 Å². The lowest BCUT2D eigenvalue weighted by molar-refractivity contribution is 0.0900. The second-order valence-electron chi connectivity index (χ2n) is 4.29. The van der Waals surface area contributed by atoms with Crippen LogP contribution in [0.1, 0.15) is 42.0 Å². The lowest BCUT2D eigenvalue weighted by Gasteiger charge is -2.27. The first kappa shape index (κ1) is 11.7. The molecule has 1 saturated carbocycles. The number of carbonyl (C=O) groups is 1. The molecule has 1 aliphatic rings. The zero-order valence-corrected chi connectivity index (χ0v) is 10.9. The molecular weight excluding hydrogens is 270 g/mol. The van der Waals surface area contributed by atoms with E-state index < -0.39 is 0 Å². The van der Waals surface area contributed by atoms with Gasteiger partial charge in [-0.25, -0.2) is 0 Å². The third-order valence-corrected chi connectivity index (χ3v) is 4.06. The van der Waals surface area contributed by atoms with Crippen molar-refractivity contribution in [1.82, 2.24) is 5.32 Å². The lowest BCUT2D eigenvalue weighted by atomic mass is 9.95. The minimum atomic E-state index is -0.107. The Bertz CT molecular complexity index is 375. The van der Waals surface area contributed by atoms with Crippen LogP contribution in [0.15, 0.2) is 16.5 Å². The van der Waals surface area contributed by atoms with E-state index in [4.69, 9.17) is 4.42 Å². The summed E-state index contributed by atoms with van der Waals surface area (Å²) in [5, 5.41) is 3.02. The van der Waals surface area contributed by atoms with Crippen molar-refractivity contribution in [1.29, 1.82) is 0 Å².